The minimum atomic E-state index is -0.699. The largest absolute Gasteiger partial charge is 0.348 e. The summed E-state index contributed by atoms with van der Waals surface area (Å²) in [4.78, 5) is 27.2. The normalized spacial score (nSPS) is 14.2. The van der Waals surface area contributed by atoms with Gasteiger partial charge in [-0.1, -0.05) is 23.3 Å². The molecular weight excluding hydrogens is 290 g/mol. The van der Waals surface area contributed by atoms with Crippen molar-refractivity contribution < 1.29 is 9.59 Å². The number of hydrogen-bond donors (Lipinski definition) is 2. The number of hydrogen-bond acceptors (Lipinski definition) is 3. The molecule has 1 aromatic rings. The maximum Gasteiger partial charge on any atom is 0.313 e. The quantitative estimate of drug-likeness (QED) is 0.510. The summed E-state index contributed by atoms with van der Waals surface area (Å²) in [5.74, 6) is -1.34. The third-order valence-corrected chi connectivity index (χ3v) is 3.51. The van der Waals surface area contributed by atoms with Crippen molar-refractivity contribution in [2.75, 3.05) is 11.9 Å². The topological polar surface area (TPSA) is 71.1 Å². The smallest absolute Gasteiger partial charge is 0.313 e. The SMILES string of the molecule is O=C(NCCC1=CCCCC1)C(=O)Nc1ccnc(Cl)c1. The molecule has 2 N–H and O–H groups in total. The highest BCUT2D eigenvalue weighted by Crippen LogP contribution is 2.19. The highest BCUT2D eigenvalue weighted by atomic mass is 35.5. The highest BCUT2D eigenvalue weighted by Gasteiger charge is 2.13. The van der Waals surface area contributed by atoms with Crippen LogP contribution in [0.1, 0.15) is 32.1 Å². The van der Waals surface area contributed by atoms with Crippen molar-refractivity contribution >= 4 is 29.1 Å². The van der Waals surface area contributed by atoms with Crippen LogP contribution in [0.4, 0.5) is 5.69 Å². The third-order valence-electron chi connectivity index (χ3n) is 3.31. The molecule has 0 radical (unpaired) electrons. The van der Waals surface area contributed by atoms with Gasteiger partial charge in [-0.3, -0.25) is 9.59 Å². The van der Waals surface area contributed by atoms with Gasteiger partial charge in [-0.05, 0) is 44.2 Å². The zero-order chi connectivity index (χ0) is 15.1. The van der Waals surface area contributed by atoms with E-state index in [9.17, 15) is 9.59 Å². The molecule has 1 aromatic heterocycles. The molecule has 6 heteroatoms. The van der Waals surface area contributed by atoms with E-state index in [0.29, 0.717) is 12.2 Å². The number of nitrogens with one attached hydrogen (secondary N) is 2. The highest BCUT2D eigenvalue weighted by molar-refractivity contribution is 6.39. The fourth-order valence-electron chi connectivity index (χ4n) is 2.22. The first-order valence-electron chi connectivity index (χ1n) is 7.04. The van der Waals surface area contributed by atoms with Crippen LogP contribution in [0.5, 0.6) is 0 Å². The molecule has 0 spiro atoms. The minimum Gasteiger partial charge on any atom is -0.348 e. The van der Waals surface area contributed by atoms with E-state index in [1.165, 1.54) is 30.7 Å². The fraction of sp³-hybridized carbons (Fsp3) is 0.400. The Bertz CT molecular complexity index is 558. The molecule has 112 valence electrons. The van der Waals surface area contributed by atoms with Gasteiger partial charge in [0, 0.05) is 18.4 Å². The summed E-state index contributed by atoms with van der Waals surface area (Å²) >= 11 is 5.71. The van der Waals surface area contributed by atoms with Crippen LogP contribution in [0.25, 0.3) is 0 Å². The van der Waals surface area contributed by atoms with Gasteiger partial charge in [0.05, 0.1) is 0 Å². The summed E-state index contributed by atoms with van der Waals surface area (Å²) in [7, 11) is 0. The van der Waals surface area contributed by atoms with E-state index in [0.717, 1.165) is 19.3 Å². The Kier molecular flexibility index (Phi) is 5.75. The Morgan fingerprint density at radius 1 is 1.29 bits per heavy atom. The van der Waals surface area contributed by atoms with Crippen LogP contribution in [0.15, 0.2) is 30.0 Å². The molecule has 2 amide bonds. The molecule has 2 rings (SSSR count). The monoisotopic (exact) mass is 307 g/mol. The number of nitrogens with zero attached hydrogens (tertiary/aromatic N) is 1. The summed E-state index contributed by atoms with van der Waals surface area (Å²) in [6, 6.07) is 3.06. The zero-order valence-corrected chi connectivity index (χ0v) is 12.4. The maximum absolute atomic E-state index is 11.7. The first kappa shape index (κ1) is 15.5. The molecule has 0 saturated carbocycles. The number of rotatable bonds is 4. The summed E-state index contributed by atoms with van der Waals surface area (Å²) in [6.07, 6.45) is 9.17. The number of halogens is 1. The third kappa shape index (κ3) is 5.19. The van der Waals surface area contributed by atoms with Gasteiger partial charge in [0.2, 0.25) is 0 Å². The Labute approximate surface area is 128 Å². The number of carbonyl (C=O) groups excluding carboxylic acids is 2. The molecule has 0 bridgehead atoms. The van der Waals surface area contributed by atoms with Gasteiger partial charge in [0.25, 0.3) is 0 Å². The second-order valence-corrected chi connectivity index (χ2v) is 5.32. The molecule has 5 nitrogen and oxygen atoms in total. The molecule has 0 saturated heterocycles. The second kappa shape index (κ2) is 7.78. The molecule has 21 heavy (non-hydrogen) atoms. The van der Waals surface area contributed by atoms with E-state index in [-0.39, 0.29) is 5.15 Å². The van der Waals surface area contributed by atoms with Crippen molar-refractivity contribution in [2.24, 2.45) is 0 Å². The first-order chi connectivity index (χ1) is 10.1. The van der Waals surface area contributed by atoms with Gasteiger partial charge < -0.3 is 10.6 Å². The van der Waals surface area contributed by atoms with E-state index >= 15 is 0 Å². The van der Waals surface area contributed by atoms with Gasteiger partial charge in [-0.25, -0.2) is 4.98 Å². The summed E-state index contributed by atoms with van der Waals surface area (Å²) < 4.78 is 0. The van der Waals surface area contributed by atoms with Crippen LogP contribution < -0.4 is 10.6 Å². The first-order valence-corrected chi connectivity index (χ1v) is 7.41. The summed E-state index contributed by atoms with van der Waals surface area (Å²) in [5.41, 5.74) is 1.81. The molecule has 0 aliphatic heterocycles. The van der Waals surface area contributed by atoms with Gasteiger partial charge in [0.1, 0.15) is 5.15 Å². The Balaban J connectivity index is 1.75. The molecule has 1 aliphatic carbocycles. The maximum atomic E-state index is 11.7. The van der Waals surface area contributed by atoms with Crippen LogP contribution in [0.2, 0.25) is 5.15 Å². The predicted octanol–water partition coefficient (Wildman–Crippen LogP) is 2.68. The predicted molar refractivity (Wildman–Crippen MR) is 82.1 cm³/mol. The second-order valence-electron chi connectivity index (χ2n) is 4.94. The van der Waals surface area contributed by atoms with Crippen molar-refractivity contribution in [3.63, 3.8) is 0 Å². The lowest BCUT2D eigenvalue weighted by molar-refractivity contribution is -0.136. The standard InChI is InChI=1S/C15H18ClN3O2/c16-13-10-12(7-9-17-13)19-15(21)14(20)18-8-6-11-4-2-1-3-5-11/h4,7,9-10H,1-3,5-6,8H2,(H,18,20)(H,17,19,21). The lowest BCUT2D eigenvalue weighted by Gasteiger charge is -2.12. The average Bonchev–Trinajstić information content (AvgIpc) is 2.48. The molecule has 1 aliphatic rings. The van der Waals surface area contributed by atoms with E-state index in [1.807, 2.05) is 0 Å². The molecule has 0 aromatic carbocycles. The van der Waals surface area contributed by atoms with Crippen LogP contribution in [-0.2, 0) is 9.59 Å². The summed E-state index contributed by atoms with van der Waals surface area (Å²) in [5, 5.41) is 5.37. The van der Waals surface area contributed by atoms with Crippen LogP contribution in [0.3, 0.4) is 0 Å². The number of pyridine rings is 1. The average molecular weight is 308 g/mol. The van der Waals surface area contributed by atoms with Crippen LogP contribution in [-0.4, -0.2) is 23.3 Å². The number of allylic oxidation sites excluding steroid dienone is 1. The Morgan fingerprint density at radius 2 is 2.14 bits per heavy atom. The lowest BCUT2D eigenvalue weighted by atomic mass is 9.97. The van der Waals surface area contributed by atoms with E-state index < -0.39 is 11.8 Å². The van der Waals surface area contributed by atoms with E-state index in [2.05, 4.69) is 21.7 Å². The number of carbonyl (C=O) groups is 2. The van der Waals surface area contributed by atoms with Crippen LogP contribution >= 0.6 is 11.6 Å². The molecule has 0 atom stereocenters. The van der Waals surface area contributed by atoms with E-state index in [4.69, 9.17) is 11.6 Å². The van der Waals surface area contributed by atoms with Gasteiger partial charge in [-0.15, -0.1) is 0 Å². The molecular formula is C15H18ClN3O2. The fourth-order valence-corrected chi connectivity index (χ4v) is 2.39. The summed E-state index contributed by atoms with van der Waals surface area (Å²) in [6.45, 7) is 0.481. The van der Waals surface area contributed by atoms with Gasteiger partial charge in [-0.2, -0.15) is 0 Å². The van der Waals surface area contributed by atoms with Gasteiger partial charge in [0.15, 0.2) is 0 Å². The van der Waals surface area contributed by atoms with E-state index in [1.54, 1.807) is 6.07 Å². The van der Waals surface area contributed by atoms with Crippen LogP contribution in [0, 0.1) is 0 Å². The van der Waals surface area contributed by atoms with Crippen molar-refractivity contribution in [3.8, 4) is 0 Å². The molecule has 0 fully saturated rings. The molecule has 1 heterocycles. The van der Waals surface area contributed by atoms with Crippen molar-refractivity contribution in [1.29, 1.82) is 0 Å². The molecule has 0 unspecified atom stereocenters. The number of amides is 2. The Morgan fingerprint density at radius 3 is 2.86 bits per heavy atom. The van der Waals surface area contributed by atoms with Gasteiger partial charge >= 0.3 is 11.8 Å². The van der Waals surface area contributed by atoms with Crippen molar-refractivity contribution in [2.45, 2.75) is 32.1 Å². The van der Waals surface area contributed by atoms with Crippen molar-refractivity contribution in [3.05, 3.63) is 35.1 Å². The number of anilines is 1. The Hall–Kier alpha value is -1.88. The minimum absolute atomic E-state index is 0.262. The number of aromatic nitrogens is 1. The zero-order valence-electron chi connectivity index (χ0n) is 11.7. The van der Waals surface area contributed by atoms with Crippen molar-refractivity contribution in [1.82, 2.24) is 10.3 Å². The lowest BCUT2D eigenvalue weighted by Crippen LogP contribution is -2.36.